The number of pyridine rings is 1. The lowest BCUT2D eigenvalue weighted by atomic mass is 10.3. The minimum Gasteiger partial charge on any atom is -0.394 e. The Morgan fingerprint density at radius 1 is 1.53 bits per heavy atom. The Labute approximate surface area is 89.7 Å². The SMILES string of the molecule is CC(C)OCCCn1cccc(N)c1=O. The third kappa shape index (κ3) is 3.75. The average molecular weight is 210 g/mol. The first-order chi connectivity index (χ1) is 7.11. The van der Waals surface area contributed by atoms with Crippen molar-refractivity contribution in [1.29, 1.82) is 0 Å². The van der Waals surface area contributed by atoms with E-state index in [0.29, 0.717) is 18.8 Å². The molecule has 0 aliphatic heterocycles. The molecule has 4 nitrogen and oxygen atoms in total. The molecule has 1 rings (SSSR count). The second kappa shape index (κ2) is 5.56. The van der Waals surface area contributed by atoms with E-state index in [2.05, 4.69) is 0 Å². The van der Waals surface area contributed by atoms with Gasteiger partial charge >= 0.3 is 0 Å². The smallest absolute Gasteiger partial charge is 0.273 e. The summed E-state index contributed by atoms with van der Waals surface area (Å²) < 4.78 is 7.00. The van der Waals surface area contributed by atoms with Gasteiger partial charge in [-0.2, -0.15) is 0 Å². The van der Waals surface area contributed by atoms with Crippen molar-refractivity contribution in [3.63, 3.8) is 0 Å². The largest absolute Gasteiger partial charge is 0.394 e. The molecule has 0 fully saturated rings. The zero-order valence-electron chi connectivity index (χ0n) is 9.27. The number of rotatable bonds is 5. The normalized spacial score (nSPS) is 10.9. The predicted octanol–water partition coefficient (Wildman–Crippen LogP) is 1.25. The highest BCUT2D eigenvalue weighted by molar-refractivity contribution is 5.33. The van der Waals surface area contributed by atoms with Gasteiger partial charge in [0.05, 0.1) is 11.8 Å². The summed E-state index contributed by atoms with van der Waals surface area (Å²) in [5, 5.41) is 0. The first kappa shape index (κ1) is 11.8. The van der Waals surface area contributed by atoms with Gasteiger partial charge in [-0.15, -0.1) is 0 Å². The highest BCUT2D eigenvalue weighted by Crippen LogP contribution is 1.95. The third-order valence-corrected chi connectivity index (χ3v) is 2.04. The van der Waals surface area contributed by atoms with E-state index in [1.165, 1.54) is 0 Å². The van der Waals surface area contributed by atoms with Crippen LogP contribution in [0.1, 0.15) is 20.3 Å². The lowest BCUT2D eigenvalue weighted by Gasteiger charge is -2.08. The minimum absolute atomic E-state index is 0.123. The maximum atomic E-state index is 11.5. The number of nitrogens with zero attached hydrogens (tertiary/aromatic N) is 1. The number of nitrogen functional groups attached to an aromatic ring is 1. The molecule has 84 valence electrons. The summed E-state index contributed by atoms with van der Waals surface area (Å²) in [6, 6.07) is 3.39. The summed E-state index contributed by atoms with van der Waals surface area (Å²) in [4.78, 5) is 11.5. The Bertz CT molecular complexity index is 358. The molecule has 1 heterocycles. The van der Waals surface area contributed by atoms with Crippen molar-refractivity contribution < 1.29 is 4.74 Å². The molecule has 0 saturated heterocycles. The van der Waals surface area contributed by atoms with E-state index in [1.807, 2.05) is 13.8 Å². The van der Waals surface area contributed by atoms with Gasteiger partial charge in [0, 0.05) is 19.3 Å². The molecule has 0 aromatic carbocycles. The van der Waals surface area contributed by atoms with Crippen LogP contribution in [0.15, 0.2) is 23.1 Å². The quantitative estimate of drug-likeness (QED) is 0.744. The van der Waals surface area contributed by atoms with Crippen LogP contribution in [0.3, 0.4) is 0 Å². The summed E-state index contributed by atoms with van der Waals surface area (Å²) in [6.45, 7) is 5.30. The fourth-order valence-electron chi connectivity index (χ4n) is 1.29. The van der Waals surface area contributed by atoms with E-state index in [4.69, 9.17) is 10.5 Å². The number of hydrogen-bond acceptors (Lipinski definition) is 3. The molecule has 1 aromatic heterocycles. The number of aryl methyl sites for hydroxylation is 1. The highest BCUT2D eigenvalue weighted by atomic mass is 16.5. The summed E-state index contributed by atoms with van der Waals surface area (Å²) in [7, 11) is 0. The van der Waals surface area contributed by atoms with Gasteiger partial charge in [-0.25, -0.2) is 0 Å². The summed E-state index contributed by atoms with van der Waals surface area (Å²) in [6.07, 6.45) is 2.80. The van der Waals surface area contributed by atoms with Crippen LogP contribution in [0.25, 0.3) is 0 Å². The second-order valence-electron chi connectivity index (χ2n) is 3.74. The summed E-state index contributed by atoms with van der Waals surface area (Å²) in [5.74, 6) is 0. The van der Waals surface area contributed by atoms with E-state index >= 15 is 0 Å². The van der Waals surface area contributed by atoms with Crippen molar-refractivity contribution in [1.82, 2.24) is 4.57 Å². The van der Waals surface area contributed by atoms with Crippen LogP contribution in [0.2, 0.25) is 0 Å². The Morgan fingerprint density at radius 2 is 2.27 bits per heavy atom. The van der Waals surface area contributed by atoms with E-state index in [9.17, 15) is 4.79 Å². The Balaban J connectivity index is 2.44. The Morgan fingerprint density at radius 3 is 2.93 bits per heavy atom. The maximum Gasteiger partial charge on any atom is 0.273 e. The second-order valence-corrected chi connectivity index (χ2v) is 3.74. The van der Waals surface area contributed by atoms with E-state index < -0.39 is 0 Å². The molecular weight excluding hydrogens is 192 g/mol. The van der Waals surface area contributed by atoms with Gasteiger partial charge in [0.1, 0.15) is 0 Å². The van der Waals surface area contributed by atoms with Crippen LogP contribution in [0.4, 0.5) is 5.69 Å². The van der Waals surface area contributed by atoms with Gasteiger partial charge in [0.15, 0.2) is 0 Å². The molecule has 0 bridgehead atoms. The predicted molar refractivity (Wildman–Crippen MR) is 60.8 cm³/mol. The fraction of sp³-hybridized carbons (Fsp3) is 0.545. The number of hydrogen-bond donors (Lipinski definition) is 1. The molecule has 15 heavy (non-hydrogen) atoms. The van der Waals surface area contributed by atoms with Gasteiger partial charge in [-0.3, -0.25) is 4.79 Å². The van der Waals surface area contributed by atoms with Crippen LogP contribution >= 0.6 is 0 Å². The van der Waals surface area contributed by atoms with E-state index in [1.54, 1.807) is 22.9 Å². The molecule has 4 heteroatoms. The average Bonchev–Trinajstić information content (AvgIpc) is 2.18. The Kier molecular flexibility index (Phi) is 4.37. The molecule has 2 N–H and O–H groups in total. The standard InChI is InChI=1S/C11H18N2O2/c1-9(2)15-8-4-7-13-6-3-5-10(12)11(13)14/h3,5-6,9H,4,7-8,12H2,1-2H3. The number of nitrogens with two attached hydrogens (primary N) is 1. The van der Waals surface area contributed by atoms with Crippen LogP contribution in [0.5, 0.6) is 0 Å². The van der Waals surface area contributed by atoms with E-state index in [0.717, 1.165) is 6.42 Å². The molecular formula is C11H18N2O2. The number of aromatic nitrogens is 1. The van der Waals surface area contributed by atoms with Crippen molar-refractivity contribution in [2.75, 3.05) is 12.3 Å². The van der Waals surface area contributed by atoms with Gasteiger partial charge in [-0.05, 0) is 32.4 Å². The molecule has 0 aliphatic carbocycles. The van der Waals surface area contributed by atoms with Crippen molar-refractivity contribution in [2.45, 2.75) is 32.9 Å². The maximum absolute atomic E-state index is 11.5. The molecule has 0 amide bonds. The Hall–Kier alpha value is -1.29. The van der Waals surface area contributed by atoms with Gasteiger partial charge in [0.2, 0.25) is 0 Å². The van der Waals surface area contributed by atoms with Crippen molar-refractivity contribution in [3.05, 3.63) is 28.7 Å². The first-order valence-corrected chi connectivity index (χ1v) is 5.18. The van der Waals surface area contributed by atoms with Crippen LogP contribution < -0.4 is 11.3 Å². The van der Waals surface area contributed by atoms with E-state index in [-0.39, 0.29) is 11.7 Å². The van der Waals surface area contributed by atoms with Crippen molar-refractivity contribution >= 4 is 5.69 Å². The van der Waals surface area contributed by atoms with Crippen molar-refractivity contribution in [2.24, 2.45) is 0 Å². The monoisotopic (exact) mass is 210 g/mol. The minimum atomic E-state index is -0.123. The summed E-state index contributed by atoms with van der Waals surface area (Å²) in [5.41, 5.74) is 5.68. The third-order valence-electron chi connectivity index (χ3n) is 2.04. The van der Waals surface area contributed by atoms with Crippen LogP contribution in [0, 0.1) is 0 Å². The zero-order chi connectivity index (χ0) is 11.3. The summed E-state index contributed by atoms with van der Waals surface area (Å²) >= 11 is 0. The molecule has 0 radical (unpaired) electrons. The van der Waals surface area contributed by atoms with Gasteiger partial charge in [0.25, 0.3) is 5.56 Å². The lowest BCUT2D eigenvalue weighted by Crippen LogP contribution is -2.22. The molecule has 0 aliphatic rings. The fourth-order valence-corrected chi connectivity index (χ4v) is 1.29. The molecule has 1 aromatic rings. The van der Waals surface area contributed by atoms with Gasteiger partial charge < -0.3 is 15.0 Å². The topological polar surface area (TPSA) is 57.2 Å². The van der Waals surface area contributed by atoms with Crippen LogP contribution in [-0.2, 0) is 11.3 Å². The number of anilines is 1. The van der Waals surface area contributed by atoms with Gasteiger partial charge in [-0.1, -0.05) is 0 Å². The zero-order valence-corrected chi connectivity index (χ0v) is 9.27. The molecule has 0 unspecified atom stereocenters. The molecule has 0 saturated carbocycles. The molecule has 0 atom stereocenters. The first-order valence-electron chi connectivity index (χ1n) is 5.18. The molecule has 0 spiro atoms. The highest BCUT2D eigenvalue weighted by Gasteiger charge is 1.99. The van der Waals surface area contributed by atoms with Crippen LogP contribution in [-0.4, -0.2) is 17.3 Å². The van der Waals surface area contributed by atoms with Crippen molar-refractivity contribution in [3.8, 4) is 0 Å². The lowest BCUT2D eigenvalue weighted by molar-refractivity contribution is 0.0747. The number of ether oxygens (including phenoxy) is 1.